The lowest BCUT2D eigenvalue weighted by Crippen LogP contribution is -2.45. The van der Waals surface area contributed by atoms with Crippen LogP contribution in [0.3, 0.4) is 0 Å². The molecule has 0 aliphatic heterocycles. The molecule has 252 valence electrons. The Morgan fingerprint density at radius 2 is 1.30 bits per heavy atom. The van der Waals surface area contributed by atoms with Crippen LogP contribution in [0.4, 0.5) is 0 Å². The molecule has 8 nitrogen and oxygen atoms in total. The van der Waals surface area contributed by atoms with Gasteiger partial charge in [-0.25, -0.2) is 0 Å². The Balaban J connectivity index is 4.51. The first kappa shape index (κ1) is 41.7. The number of unbranched alkanes of at least 4 members (excludes halogenated alkanes) is 12. The second-order valence-corrected chi connectivity index (χ2v) is 13.9. The van der Waals surface area contributed by atoms with Crippen LogP contribution in [-0.4, -0.2) is 68.5 Å². The normalized spacial score (nSPS) is 15.4. The van der Waals surface area contributed by atoms with Gasteiger partial charge in [0.25, 0.3) is 7.82 Å². The average Bonchev–Trinajstić information content (AvgIpc) is 2.94. The molecule has 43 heavy (non-hydrogen) atoms. The number of nitrogens with one attached hydrogen (secondary N) is 1. The predicted octanol–water partition coefficient (Wildman–Crippen LogP) is 7.38. The Bertz CT molecular complexity index is 809. The van der Waals surface area contributed by atoms with E-state index in [9.17, 15) is 19.4 Å². The van der Waals surface area contributed by atoms with E-state index in [1.165, 1.54) is 51.4 Å². The van der Waals surface area contributed by atoms with E-state index in [2.05, 4.69) is 43.5 Å². The van der Waals surface area contributed by atoms with Crippen molar-refractivity contribution in [2.75, 3.05) is 40.9 Å². The molecule has 9 heteroatoms. The fraction of sp³-hybridized carbons (Fsp3) is 0.794. The number of hydrogen-bond donors (Lipinski definition) is 2. The van der Waals surface area contributed by atoms with Crippen molar-refractivity contribution >= 4 is 13.7 Å². The zero-order valence-corrected chi connectivity index (χ0v) is 29.0. The van der Waals surface area contributed by atoms with E-state index in [1.807, 2.05) is 27.2 Å². The van der Waals surface area contributed by atoms with Crippen LogP contribution in [0.1, 0.15) is 123 Å². The van der Waals surface area contributed by atoms with E-state index in [0.29, 0.717) is 17.4 Å². The summed E-state index contributed by atoms with van der Waals surface area (Å²) in [6.45, 7) is 4.44. The molecule has 0 saturated carbocycles. The fourth-order valence-corrected chi connectivity index (χ4v) is 5.02. The Labute approximate surface area is 264 Å². The largest absolute Gasteiger partial charge is 0.756 e. The van der Waals surface area contributed by atoms with Crippen LogP contribution in [0.5, 0.6) is 0 Å². The number of quaternary nitrogens is 1. The number of phosphoric ester groups is 1. The van der Waals surface area contributed by atoms with Gasteiger partial charge in [-0.05, 0) is 44.9 Å². The lowest BCUT2D eigenvalue weighted by atomic mass is 10.1. The summed E-state index contributed by atoms with van der Waals surface area (Å²) in [6, 6.07) is -0.900. The molecule has 0 bridgehead atoms. The molecule has 0 spiro atoms. The number of aliphatic hydroxyl groups excluding tert-OH is 1. The number of carbonyl (C=O) groups is 1. The maximum Gasteiger partial charge on any atom is 0.268 e. The first-order chi connectivity index (χ1) is 20.5. The molecule has 3 unspecified atom stereocenters. The predicted molar refractivity (Wildman–Crippen MR) is 178 cm³/mol. The van der Waals surface area contributed by atoms with Crippen molar-refractivity contribution in [1.82, 2.24) is 5.32 Å². The van der Waals surface area contributed by atoms with Crippen LogP contribution in [0, 0.1) is 0 Å². The van der Waals surface area contributed by atoms with Crippen LogP contribution < -0.4 is 10.2 Å². The molecule has 0 saturated heterocycles. The summed E-state index contributed by atoms with van der Waals surface area (Å²) < 4.78 is 22.8. The van der Waals surface area contributed by atoms with Crippen molar-refractivity contribution < 1.29 is 32.9 Å². The minimum Gasteiger partial charge on any atom is -0.756 e. The van der Waals surface area contributed by atoms with Crippen LogP contribution in [0.15, 0.2) is 36.5 Å². The van der Waals surface area contributed by atoms with Gasteiger partial charge < -0.3 is 28.8 Å². The van der Waals surface area contributed by atoms with Crippen molar-refractivity contribution in [3.8, 4) is 0 Å². The van der Waals surface area contributed by atoms with Crippen LogP contribution in [0.2, 0.25) is 0 Å². The zero-order valence-electron chi connectivity index (χ0n) is 28.1. The van der Waals surface area contributed by atoms with E-state index in [0.717, 1.165) is 51.4 Å². The molecule has 0 heterocycles. The van der Waals surface area contributed by atoms with Crippen molar-refractivity contribution in [2.24, 2.45) is 0 Å². The van der Waals surface area contributed by atoms with Crippen molar-refractivity contribution in [3.05, 3.63) is 36.5 Å². The molecule has 0 aliphatic carbocycles. The standard InChI is InChI=1S/C34H65N2O6P/c1-6-8-10-12-13-14-15-16-17-18-19-20-21-22-23-24-25-27-33(37)32(35-34(38)28-26-11-9-7-2)31-42-43(39,40)41-30-29-36(3,4)5/h17-18,21-22,25,27,32-33,37H,6-16,19-20,23-24,26,28-31H2,1-5H3,(H-,35,38,39,40)/b18-17+,22-21+,27-25+. The van der Waals surface area contributed by atoms with E-state index in [-0.39, 0.29) is 12.5 Å². The first-order valence-electron chi connectivity index (χ1n) is 16.9. The second-order valence-electron chi connectivity index (χ2n) is 12.5. The van der Waals surface area contributed by atoms with Crippen LogP contribution >= 0.6 is 7.82 Å². The highest BCUT2D eigenvalue weighted by Crippen LogP contribution is 2.38. The molecule has 0 aromatic heterocycles. The number of likely N-dealkylation sites (N-methyl/N-ethyl adjacent to an activating group) is 1. The van der Waals surface area contributed by atoms with Gasteiger partial charge in [-0.2, -0.15) is 0 Å². The zero-order chi connectivity index (χ0) is 32.2. The highest BCUT2D eigenvalue weighted by molar-refractivity contribution is 7.45. The highest BCUT2D eigenvalue weighted by atomic mass is 31.2. The number of nitrogens with zero attached hydrogens (tertiary/aromatic N) is 1. The van der Waals surface area contributed by atoms with Gasteiger partial charge in [0.2, 0.25) is 5.91 Å². The maximum absolute atomic E-state index is 12.5. The lowest BCUT2D eigenvalue weighted by Gasteiger charge is -2.29. The molecular formula is C34H65N2O6P. The van der Waals surface area contributed by atoms with Crippen molar-refractivity contribution in [2.45, 2.75) is 135 Å². The SMILES string of the molecule is CCCCCCCCC/C=C/CC/C=C/CC/C=C/C(O)C(COP(=O)([O-])OCC[N+](C)(C)C)NC(=O)CCCCCC. The topological polar surface area (TPSA) is 108 Å². The van der Waals surface area contributed by atoms with E-state index < -0.39 is 26.6 Å². The molecule has 0 aromatic rings. The third-order valence-electron chi connectivity index (χ3n) is 7.08. The summed E-state index contributed by atoms with van der Waals surface area (Å²) in [5, 5.41) is 13.5. The Morgan fingerprint density at radius 1 is 0.791 bits per heavy atom. The smallest absolute Gasteiger partial charge is 0.268 e. The molecule has 0 aromatic carbocycles. The maximum atomic E-state index is 12.5. The highest BCUT2D eigenvalue weighted by Gasteiger charge is 2.23. The third-order valence-corrected chi connectivity index (χ3v) is 8.04. The number of rotatable bonds is 29. The van der Waals surface area contributed by atoms with Crippen molar-refractivity contribution in [1.29, 1.82) is 0 Å². The summed E-state index contributed by atoms with van der Waals surface area (Å²) in [4.78, 5) is 24.7. The molecular weight excluding hydrogens is 563 g/mol. The van der Waals surface area contributed by atoms with Crippen LogP contribution in [-0.2, 0) is 18.4 Å². The van der Waals surface area contributed by atoms with Gasteiger partial charge in [-0.15, -0.1) is 0 Å². The van der Waals surface area contributed by atoms with Gasteiger partial charge in [0.1, 0.15) is 13.2 Å². The summed E-state index contributed by atoms with van der Waals surface area (Å²) in [7, 11) is 1.22. The van der Waals surface area contributed by atoms with Gasteiger partial charge in [0.15, 0.2) is 0 Å². The molecule has 0 rings (SSSR count). The molecule has 0 aliphatic rings. The van der Waals surface area contributed by atoms with Gasteiger partial charge in [0, 0.05) is 6.42 Å². The van der Waals surface area contributed by atoms with Gasteiger partial charge in [-0.1, -0.05) is 108 Å². The first-order valence-corrected chi connectivity index (χ1v) is 18.3. The van der Waals surface area contributed by atoms with Gasteiger partial charge in [-0.3, -0.25) is 9.36 Å². The minimum absolute atomic E-state index is 0.00967. The number of phosphoric acid groups is 1. The molecule has 2 N–H and O–H groups in total. The van der Waals surface area contributed by atoms with Crippen LogP contribution in [0.25, 0.3) is 0 Å². The minimum atomic E-state index is -4.57. The molecule has 3 atom stereocenters. The monoisotopic (exact) mass is 628 g/mol. The number of hydrogen-bond acceptors (Lipinski definition) is 6. The summed E-state index contributed by atoms with van der Waals surface area (Å²) in [6.07, 6.45) is 29.6. The molecule has 0 fully saturated rings. The van der Waals surface area contributed by atoms with E-state index in [1.54, 1.807) is 6.08 Å². The van der Waals surface area contributed by atoms with E-state index in [4.69, 9.17) is 9.05 Å². The number of allylic oxidation sites excluding steroid dienone is 5. The Hall–Kier alpha value is -1.28. The second kappa shape index (κ2) is 27.1. The summed E-state index contributed by atoms with van der Waals surface area (Å²) in [5.74, 6) is -0.233. The summed E-state index contributed by atoms with van der Waals surface area (Å²) in [5.41, 5.74) is 0. The molecule has 1 amide bonds. The number of carbonyl (C=O) groups excluding carboxylic acids is 1. The van der Waals surface area contributed by atoms with Gasteiger partial charge in [0.05, 0.1) is 39.9 Å². The lowest BCUT2D eigenvalue weighted by molar-refractivity contribution is -0.870. The average molecular weight is 629 g/mol. The third kappa shape index (κ3) is 29.2. The number of amides is 1. The quantitative estimate of drug-likeness (QED) is 0.0387. The fourth-order valence-electron chi connectivity index (χ4n) is 4.30. The van der Waals surface area contributed by atoms with Gasteiger partial charge >= 0.3 is 0 Å². The van der Waals surface area contributed by atoms with E-state index >= 15 is 0 Å². The van der Waals surface area contributed by atoms with Crippen molar-refractivity contribution in [3.63, 3.8) is 0 Å². The Morgan fingerprint density at radius 3 is 1.88 bits per heavy atom. The number of aliphatic hydroxyl groups is 1. The summed E-state index contributed by atoms with van der Waals surface area (Å²) >= 11 is 0. The molecule has 0 radical (unpaired) electrons. The Kier molecular flexibility index (Phi) is 26.3.